The molecule has 116 valence electrons. The molecule has 1 heterocycles. The number of carbonyl (C=O) groups is 1. The van der Waals surface area contributed by atoms with E-state index >= 15 is 0 Å². The highest BCUT2D eigenvalue weighted by Gasteiger charge is 2.09. The van der Waals surface area contributed by atoms with Gasteiger partial charge in [-0.3, -0.25) is 4.79 Å². The first-order chi connectivity index (χ1) is 11.1. The van der Waals surface area contributed by atoms with Crippen molar-refractivity contribution in [2.75, 3.05) is 0 Å². The lowest BCUT2D eigenvalue weighted by Crippen LogP contribution is -2.20. The van der Waals surface area contributed by atoms with Crippen molar-refractivity contribution < 1.29 is 14.3 Å². The monoisotopic (exact) mass is 308 g/mol. The van der Waals surface area contributed by atoms with Crippen LogP contribution < -0.4 is 9.47 Å². The Bertz CT molecular complexity index is 831. The molecule has 3 rings (SSSR count). The van der Waals surface area contributed by atoms with E-state index in [1.165, 1.54) is 6.92 Å². The smallest absolute Gasteiger partial charge is 0.238 e. The standard InChI is InChI=1S/C18H16N2O3/c1-12(21)13(2)22-14-7-9-15(10-8-14)23-18-11-19-16-5-3-4-6-17(16)20-18/h3-11,13H,1-2H3. The number of hydrogen-bond acceptors (Lipinski definition) is 5. The molecule has 1 aromatic heterocycles. The fraction of sp³-hybridized carbons (Fsp3) is 0.167. The molecule has 0 aliphatic carbocycles. The Kier molecular flexibility index (Phi) is 4.19. The molecule has 2 aromatic carbocycles. The third-order valence-corrected chi connectivity index (χ3v) is 3.36. The van der Waals surface area contributed by atoms with Crippen molar-refractivity contribution in [2.24, 2.45) is 0 Å². The van der Waals surface area contributed by atoms with Crippen LogP contribution >= 0.6 is 0 Å². The van der Waals surface area contributed by atoms with Gasteiger partial charge in [0.05, 0.1) is 17.2 Å². The number of carbonyl (C=O) groups excluding carboxylic acids is 1. The van der Waals surface area contributed by atoms with Crippen LogP contribution in [0.5, 0.6) is 17.4 Å². The number of nitrogens with zero attached hydrogens (tertiary/aromatic N) is 2. The Balaban J connectivity index is 1.73. The van der Waals surface area contributed by atoms with Crippen molar-refractivity contribution in [1.29, 1.82) is 0 Å². The van der Waals surface area contributed by atoms with Crippen LogP contribution in [-0.2, 0) is 4.79 Å². The van der Waals surface area contributed by atoms with Crippen LogP contribution in [0.25, 0.3) is 11.0 Å². The maximum atomic E-state index is 11.2. The summed E-state index contributed by atoms with van der Waals surface area (Å²) in [5.74, 6) is 1.65. The van der Waals surface area contributed by atoms with E-state index in [1.807, 2.05) is 24.3 Å². The first kappa shape index (κ1) is 15.0. The summed E-state index contributed by atoms with van der Waals surface area (Å²) in [4.78, 5) is 19.9. The number of fused-ring (bicyclic) bond motifs is 1. The number of hydrogen-bond donors (Lipinski definition) is 0. The summed E-state index contributed by atoms with van der Waals surface area (Å²) in [6.45, 7) is 3.22. The second-order valence-corrected chi connectivity index (χ2v) is 5.14. The molecule has 5 heteroatoms. The number of ketones is 1. The van der Waals surface area contributed by atoms with E-state index in [0.29, 0.717) is 17.4 Å². The lowest BCUT2D eigenvalue weighted by molar-refractivity contribution is -0.122. The molecular formula is C18H16N2O3. The Hall–Kier alpha value is -2.95. The van der Waals surface area contributed by atoms with E-state index in [-0.39, 0.29) is 5.78 Å². The van der Waals surface area contributed by atoms with Crippen LogP contribution in [0.3, 0.4) is 0 Å². The van der Waals surface area contributed by atoms with E-state index in [1.54, 1.807) is 37.4 Å². The average Bonchev–Trinajstić information content (AvgIpc) is 2.56. The quantitative estimate of drug-likeness (QED) is 0.718. The molecule has 0 spiro atoms. The van der Waals surface area contributed by atoms with Gasteiger partial charge in [0.15, 0.2) is 11.9 Å². The maximum Gasteiger partial charge on any atom is 0.238 e. The zero-order chi connectivity index (χ0) is 16.2. The summed E-state index contributed by atoms with van der Waals surface area (Å²) in [5.41, 5.74) is 1.60. The Morgan fingerprint density at radius 3 is 2.35 bits per heavy atom. The zero-order valence-electron chi connectivity index (χ0n) is 12.9. The van der Waals surface area contributed by atoms with E-state index in [4.69, 9.17) is 9.47 Å². The lowest BCUT2D eigenvalue weighted by atomic mass is 10.3. The highest BCUT2D eigenvalue weighted by Crippen LogP contribution is 2.24. The maximum absolute atomic E-state index is 11.2. The number of aromatic nitrogens is 2. The molecule has 0 radical (unpaired) electrons. The minimum absolute atomic E-state index is 0.0169. The van der Waals surface area contributed by atoms with Crippen molar-refractivity contribution in [2.45, 2.75) is 20.0 Å². The molecule has 5 nitrogen and oxygen atoms in total. The van der Waals surface area contributed by atoms with Gasteiger partial charge in [0.1, 0.15) is 11.5 Å². The lowest BCUT2D eigenvalue weighted by Gasteiger charge is -2.12. The fourth-order valence-corrected chi connectivity index (χ4v) is 1.98. The summed E-state index contributed by atoms with van der Waals surface area (Å²) in [6, 6.07) is 14.6. The van der Waals surface area contributed by atoms with Crippen molar-refractivity contribution >= 4 is 16.8 Å². The summed E-state index contributed by atoms with van der Waals surface area (Å²) < 4.78 is 11.2. The summed E-state index contributed by atoms with van der Waals surface area (Å²) in [5, 5.41) is 0. The van der Waals surface area contributed by atoms with Crippen molar-refractivity contribution in [3.63, 3.8) is 0 Å². The predicted octanol–water partition coefficient (Wildman–Crippen LogP) is 3.78. The number of Topliss-reactive ketones (excluding diaryl/α,β-unsaturated/α-hetero) is 1. The van der Waals surface area contributed by atoms with Gasteiger partial charge < -0.3 is 9.47 Å². The Morgan fingerprint density at radius 2 is 1.65 bits per heavy atom. The van der Waals surface area contributed by atoms with Crippen LogP contribution in [-0.4, -0.2) is 21.9 Å². The number of para-hydroxylation sites is 2. The molecule has 0 N–H and O–H groups in total. The van der Waals surface area contributed by atoms with E-state index < -0.39 is 6.10 Å². The Labute approximate surface area is 133 Å². The van der Waals surface area contributed by atoms with Gasteiger partial charge in [0, 0.05) is 0 Å². The molecule has 1 unspecified atom stereocenters. The van der Waals surface area contributed by atoms with Crippen molar-refractivity contribution in [3.8, 4) is 17.4 Å². The van der Waals surface area contributed by atoms with E-state index in [0.717, 1.165) is 11.0 Å². The second kappa shape index (κ2) is 6.44. The molecule has 0 aliphatic rings. The third kappa shape index (κ3) is 3.63. The topological polar surface area (TPSA) is 61.3 Å². The zero-order valence-corrected chi connectivity index (χ0v) is 12.9. The predicted molar refractivity (Wildman–Crippen MR) is 86.8 cm³/mol. The number of ether oxygens (including phenoxy) is 2. The molecule has 3 aromatic rings. The number of rotatable bonds is 5. The van der Waals surface area contributed by atoms with Crippen LogP contribution in [0.2, 0.25) is 0 Å². The van der Waals surface area contributed by atoms with Crippen LogP contribution in [0, 0.1) is 0 Å². The fourth-order valence-electron chi connectivity index (χ4n) is 1.98. The SMILES string of the molecule is CC(=O)C(C)Oc1ccc(Oc2cnc3ccccc3n2)cc1. The molecule has 1 atom stereocenters. The summed E-state index contributed by atoms with van der Waals surface area (Å²) in [6.07, 6.45) is 1.12. The van der Waals surface area contributed by atoms with Crippen LogP contribution in [0.15, 0.2) is 54.7 Å². The number of benzene rings is 2. The van der Waals surface area contributed by atoms with Gasteiger partial charge >= 0.3 is 0 Å². The van der Waals surface area contributed by atoms with Crippen molar-refractivity contribution in [1.82, 2.24) is 9.97 Å². The third-order valence-electron chi connectivity index (χ3n) is 3.36. The van der Waals surface area contributed by atoms with Gasteiger partial charge in [0.25, 0.3) is 0 Å². The van der Waals surface area contributed by atoms with E-state index in [2.05, 4.69) is 9.97 Å². The van der Waals surface area contributed by atoms with Crippen LogP contribution in [0.1, 0.15) is 13.8 Å². The molecule has 23 heavy (non-hydrogen) atoms. The van der Waals surface area contributed by atoms with Gasteiger partial charge in [-0.1, -0.05) is 12.1 Å². The minimum Gasteiger partial charge on any atom is -0.483 e. The second-order valence-electron chi connectivity index (χ2n) is 5.14. The molecule has 0 amide bonds. The summed E-state index contributed by atoms with van der Waals surface area (Å²) >= 11 is 0. The van der Waals surface area contributed by atoms with Gasteiger partial charge in [0.2, 0.25) is 5.88 Å². The molecule has 0 saturated carbocycles. The van der Waals surface area contributed by atoms with Gasteiger partial charge in [-0.2, -0.15) is 0 Å². The molecular weight excluding hydrogens is 292 g/mol. The van der Waals surface area contributed by atoms with Crippen molar-refractivity contribution in [3.05, 3.63) is 54.7 Å². The highest BCUT2D eigenvalue weighted by atomic mass is 16.5. The largest absolute Gasteiger partial charge is 0.483 e. The Morgan fingerprint density at radius 1 is 1.00 bits per heavy atom. The summed E-state index contributed by atoms with van der Waals surface area (Å²) in [7, 11) is 0. The first-order valence-corrected chi connectivity index (χ1v) is 7.28. The molecule has 0 bridgehead atoms. The molecule has 0 aliphatic heterocycles. The first-order valence-electron chi connectivity index (χ1n) is 7.28. The highest BCUT2D eigenvalue weighted by molar-refractivity contribution is 5.80. The minimum atomic E-state index is -0.465. The van der Waals surface area contributed by atoms with Gasteiger partial charge in [-0.25, -0.2) is 9.97 Å². The van der Waals surface area contributed by atoms with Gasteiger partial charge in [-0.05, 0) is 50.2 Å². The van der Waals surface area contributed by atoms with E-state index in [9.17, 15) is 4.79 Å². The average molecular weight is 308 g/mol. The normalized spacial score (nSPS) is 11.9. The molecule has 0 saturated heterocycles. The van der Waals surface area contributed by atoms with Crippen LogP contribution in [0.4, 0.5) is 0 Å². The molecule has 0 fully saturated rings. The van der Waals surface area contributed by atoms with Gasteiger partial charge in [-0.15, -0.1) is 0 Å².